The van der Waals surface area contributed by atoms with Crippen molar-refractivity contribution in [2.75, 3.05) is 27.9 Å². The molecule has 0 bridgehead atoms. The summed E-state index contributed by atoms with van der Waals surface area (Å²) in [5.74, 6) is 2.09. The molecule has 1 aromatic carbocycles. The first-order chi connectivity index (χ1) is 9.19. The summed E-state index contributed by atoms with van der Waals surface area (Å²) in [4.78, 5) is 0. The maximum absolute atomic E-state index is 6.25. The van der Waals surface area contributed by atoms with Gasteiger partial charge in [0.05, 0.1) is 26.9 Å². The minimum atomic E-state index is -0.170. The molecule has 0 aromatic heterocycles. The van der Waals surface area contributed by atoms with Crippen LogP contribution in [0.2, 0.25) is 0 Å². The van der Waals surface area contributed by atoms with E-state index in [0.717, 1.165) is 5.56 Å². The van der Waals surface area contributed by atoms with Crippen molar-refractivity contribution in [1.29, 1.82) is 0 Å². The van der Waals surface area contributed by atoms with Gasteiger partial charge in [-0.1, -0.05) is 0 Å². The zero-order valence-electron chi connectivity index (χ0n) is 11.7. The van der Waals surface area contributed by atoms with Gasteiger partial charge in [0.15, 0.2) is 0 Å². The molecule has 2 rings (SSSR count). The molecule has 5 heteroatoms. The molecule has 5 nitrogen and oxygen atoms in total. The molecule has 0 aliphatic heterocycles. The highest BCUT2D eigenvalue weighted by atomic mass is 16.5. The van der Waals surface area contributed by atoms with Crippen molar-refractivity contribution in [2.45, 2.75) is 24.9 Å². The van der Waals surface area contributed by atoms with Crippen LogP contribution in [0, 0.1) is 0 Å². The van der Waals surface area contributed by atoms with Crippen LogP contribution in [0.3, 0.4) is 0 Å². The first-order valence-corrected chi connectivity index (χ1v) is 6.48. The SMILES string of the molecule is COc1cc(OC)c(C(N)CNC2CC2)c(OC)c1. The van der Waals surface area contributed by atoms with Gasteiger partial charge in [0.25, 0.3) is 0 Å². The van der Waals surface area contributed by atoms with E-state index >= 15 is 0 Å². The Hall–Kier alpha value is -1.46. The highest BCUT2D eigenvalue weighted by molar-refractivity contribution is 5.52. The average molecular weight is 266 g/mol. The summed E-state index contributed by atoms with van der Waals surface area (Å²) in [6.45, 7) is 0.712. The first kappa shape index (κ1) is 14.0. The lowest BCUT2D eigenvalue weighted by Crippen LogP contribution is -2.29. The summed E-state index contributed by atoms with van der Waals surface area (Å²) in [5.41, 5.74) is 7.13. The Kier molecular flexibility index (Phi) is 4.50. The number of benzene rings is 1. The molecule has 1 unspecified atom stereocenters. The van der Waals surface area contributed by atoms with E-state index in [-0.39, 0.29) is 6.04 Å². The molecule has 1 saturated carbocycles. The molecule has 19 heavy (non-hydrogen) atoms. The lowest BCUT2D eigenvalue weighted by atomic mass is 10.0. The van der Waals surface area contributed by atoms with E-state index in [1.807, 2.05) is 12.1 Å². The summed E-state index contributed by atoms with van der Waals surface area (Å²) in [6.07, 6.45) is 2.48. The second-order valence-corrected chi connectivity index (χ2v) is 4.73. The van der Waals surface area contributed by atoms with Crippen molar-refractivity contribution in [3.8, 4) is 17.2 Å². The molecule has 0 radical (unpaired) electrons. The molecule has 3 N–H and O–H groups in total. The number of methoxy groups -OCH3 is 3. The van der Waals surface area contributed by atoms with Gasteiger partial charge in [-0.2, -0.15) is 0 Å². The fraction of sp³-hybridized carbons (Fsp3) is 0.571. The van der Waals surface area contributed by atoms with Crippen molar-refractivity contribution < 1.29 is 14.2 Å². The van der Waals surface area contributed by atoms with Crippen molar-refractivity contribution in [2.24, 2.45) is 5.73 Å². The molecule has 1 fully saturated rings. The summed E-state index contributed by atoms with van der Waals surface area (Å²) < 4.78 is 16.0. The van der Waals surface area contributed by atoms with Crippen LogP contribution in [0.15, 0.2) is 12.1 Å². The lowest BCUT2D eigenvalue weighted by Gasteiger charge is -2.20. The van der Waals surface area contributed by atoms with Crippen molar-refractivity contribution >= 4 is 0 Å². The molecule has 0 heterocycles. The largest absolute Gasteiger partial charge is 0.496 e. The number of hydrogen-bond acceptors (Lipinski definition) is 5. The van der Waals surface area contributed by atoms with E-state index in [9.17, 15) is 0 Å². The van der Waals surface area contributed by atoms with Crippen LogP contribution in [0.4, 0.5) is 0 Å². The molecule has 0 amide bonds. The van der Waals surface area contributed by atoms with E-state index in [0.29, 0.717) is 29.8 Å². The molecule has 106 valence electrons. The lowest BCUT2D eigenvalue weighted by molar-refractivity contribution is 0.362. The molecule has 1 aromatic rings. The van der Waals surface area contributed by atoms with Crippen LogP contribution in [0.1, 0.15) is 24.4 Å². The van der Waals surface area contributed by atoms with Gasteiger partial charge < -0.3 is 25.3 Å². The zero-order valence-corrected chi connectivity index (χ0v) is 11.7. The Morgan fingerprint density at radius 3 is 2.16 bits per heavy atom. The highest BCUT2D eigenvalue weighted by Gasteiger charge is 2.24. The molecule has 1 atom stereocenters. The minimum absolute atomic E-state index is 0.170. The summed E-state index contributed by atoms with van der Waals surface area (Å²) >= 11 is 0. The smallest absolute Gasteiger partial charge is 0.131 e. The molecule has 1 aliphatic rings. The maximum Gasteiger partial charge on any atom is 0.131 e. The third kappa shape index (κ3) is 3.30. The number of ether oxygens (including phenoxy) is 3. The maximum atomic E-state index is 6.25. The van der Waals surface area contributed by atoms with Crippen molar-refractivity contribution in [1.82, 2.24) is 5.32 Å². The summed E-state index contributed by atoms with van der Waals surface area (Å²) in [5, 5.41) is 3.42. The number of rotatable bonds is 7. The molecule has 0 saturated heterocycles. The van der Waals surface area contributed by atoms with Gasteiger partial charge in [-0.05, 0) is 12.8 Å². The Morgan fingerprint density at radius 2 is 1.74 bits per heavy atom. The van der Waals surface area contributed by atoms with Crippen LogP contribution >= 0.6 is 0 Å². The normalized spacial score (nSPS) is 16.0. The standard InChI is InChI=1S/C14H22N2O3/c1-17-10-6-12(18-2)14(13(7-10)19-3)11(15)8-16-9-4-5-9/h6-7,9,11,16H,4-5,8,15H2,1-3H3. The molecule has 1 aliphatic carbocycles. The topological polar surface area (TPSA) is 65.7 Å². The van der Waals surface area contributed by atoms with Gasteiger partial charge in [0.2, 0.25) is 0 Å². The van der Waals surface area contributed by atoms with Gasteiger partial charge >= 0.3 is 0 Å². The molecular formula is C14H22N2O3. The summed E-state index contributed by atoms with van der Waals surface area (Å²) in [7, 11) is 4.86. The van der Waals surface area contributed by atoms with Crippen molar-refractivity contribution in [3.63, 3.8) is 0 Å². The Bertz CT molecular complexity index is 408. The van der Waals surface area contributed by atoms with Crippen LogP contribution < -0.4 is 25.3 Å². The number of hydrogen-bond donors (Lipinski definition) is 2. The minimum Gasteiger partial charge on any atom is -0.496 e. The second-order valence-electron chi connectivity index (χ2n) is 4.73. The van der Waals surface area contributed by atoms with Gasteiger partial charge in [-0.3, -0.25) is 0 Å². The number of nitrogens with one attached hydrogen (secondary N) is 1. The average Bonchev–Trinajstić information content (AvgIpc) is 3.27. The summed E-state index contributed by atoms with van der Waals surface area (Å²) in [6, 6.07) is 4.11. The third-order valence-electron chi connectivity index (χ3n) is 3.33. The molecule has 0 spiro atoms. The van der Waals surface area contributed by atoms with Gasteiger partial charge in [-0.25, -0.2) is 0 Å². The third-order valence-corrected chi connectivity index (χ3v) is 3.33. The first-order valence-electron chi connectivity index (χ1n) is 6.48. The van der Waals surface area contributed by atoms with Crippen LogP contribution in [-0.4, -0.2) is 33.9 Å². The fourth-order valence-corrected chi connectivity index (χ4v) is 2.08. The van der Waals surface area contributed by atoms with E-state index in [1.54, 1.807) is 21.3 Å². The van der Waals surface area contributed by atoms with E-state index in [2.05, 4.69) is 5.32 Å². The Labute approximate surface area is 114 Å². The van der Waals surface area contributed by atoms with E-state index in [1.165, 1.54) is 12.8 Å². The fourth-order valence-electron chi connectivity index (χ4n) is 2.08. The van der Waals surface area contributed by atoms with E-state index in [4.69, 9.17) is 19.9 Å². The molecular weight excluding hydrogens is 244 g/mol. The predicted octanol–water partition coefficient (Wildman–Crippen LogP) is 1.46. The van der Waals surface area contributed by atoms with E-state index < -0.39 is 0 Å². The predicted molar refractivity (Wildman–Crippen MR) is 74.1 cm³/mol. The zero-order chi connectivity index (χ0) is 13.8. The van der Waals surface area contributed by atoms with Crippen LogP contribution in [0.25, 0.3) is 0 Å². The van der Waals surface area contributed by atoms with Gasteiger partial charge in [0.1, 0.15) is 17.2 Å². The highest BCUT2D eigenvalue weighted by Crippen LogP contribution is 2.37. The quantitative estimate of drug-likeness (QED) is 0.782. The Morgan fingerprint density at radius 1 is 1.16 bits per heavy atom. The number of nitrogens with two attached hydrogens (primary N) is 1. The van der Waals surface area contributed by atoms with Crippen molar-refractivity contribution in [3.05, 3.63) is 17.7 Å². The monoisotopic (exact) mass is 266 g/mol. The van der Waals surface area contributed by atoms with Crippen LogP contribution in [-0.2, 0) is 0 Å². The van der Waals surface area contributed by atoms with Gasteiger partial charge in [-0.15, -0.1) is 0 Å². The van der Waals surface area contributed by atoms with Gasteiger partial charge in [0, 0.05) is 30.8 Å². The van der Waals surface area contributed by atoms with Crippen LogP contribution in [0.5, 0.6) is 17.2 Å². The Balaban J connectivity index is 2.23. The second kappa shape index (κ2) is 6.12.